The molecule has 0 saturated heterocycles. The number of carbonyl (C=O) groups excluding carboxylic acids is 3. The van der Waals surface area contributed by atoms with E-state index in [0.29, 0.717) is 23.3 Å². The molecule has 30 heavy (non-hydrogen) atoms. The van der Waals surface area contributed by atoms with Gasteiger partial charge in [-0.1, -0.05) is 19.2 Å². The second-order valence-electron chi connectivity index (χ2n) is 5.67. The van der Waals surface area contributed by atoms with Crippen molar-refractivity contribution in [1.29, 1.82) is 5.26 Å². The molecule has 1 aromatic rings. The van der Waals surface area contributed by atoms with Crippen LogP contribution in [0.15, 0.2) is 60.7 Å². The Bertz CT molecular complexity index is 822. The number of rotatable bonds is 8. The number of nitriles is 1. The second-order valence-corrected chi connectivity index (χ2v) is 5.67. The number of urea groups is 1. The zero-order valence-electron chi connectivity index (χ0n) is 16.9. The minimum absolute atomic E-state index is 0.0781. The molecule has 0 aliphatic rings. The van der Waals surface area contributed by atoms with Crippen molar-refractivity contribution in [3.63, 3.8) is 0 Å². The number of esters is 2. The molecular weight excluding hydrogens is 390 g/mol. The molecule has 1 aromatic carbocycles. The Morgan fingerprint density at radius 2 is 1.83 bits per heavy atom. The lowest BCUT2D eigenvalue weighted by Crippen LogP contribution is -2.32. The molecule has 0 heterocycles. The van der Waals surface area contributed by atoms with E-state index in [9.17, 15) is 14.4 Å². The zero-order valence-corrected chi connectivity index (χ0v) is 16.9. The van der Waals surface area contributed by atoms with Crippen molar-refractivity contribution in [2.75, 3.05) is 25.6 Å². The van der Waals surface area contributed by atoms with Crippen LogP contribution in [0.4, 0.5) is 10.5 Å². The van der Waals surface area contributed by atoms with Gasteiger partial charge in [-0.3, -0.25) is 0 Å². The number of anilines is 1. The summed E-state index contributed by atoms with van der Waals surface area (Å²) in [6.45, 7) is 8.72. The first-order chi connectivity index (χ1) is 14.2. The fraction of sp³-hybridized carbons (Fsp3) is 0.238. The molecule has 0 fully saturated rings. The van der Waals surface area contributed by atoms with Crippen LogP contribution in [0.5, 0.6) is 5.75 Å². The first-order valence-corrected chi connectivity index (χ1v) is 8.68. The third kappa shape index (κ3) is 12.3. The topological polar surface area (TPSA) is 138 Å². The lowest BCUT2D eigenvalue weighted by molar-refractivity contribution is -0.139. The fourth-order valence-electron chi connectivity index (χ4n) is 1.63. The second kappa shape index (κ2) is 14.9. The van der Waals surface area contributed by atoms with E-state index in [1.165, 1.54) is 25.3 Å². The number of benzene rings is 1. The number of nitrogens with one attached hydrogen (secondary N) is 2. The van der Waals surface area contributed by atoms with Crippen LogP contribution in [0.3, 0.4) is 0 Å². The molecule has 0 atom stereocenters. The quantitative estimate of drug-likeness (QED) is 0.195. The Balaban J connectivity index is 0.000000654. The predicted octanol–water partition coefficient (Wildman–Crippen LogP) is 2.82. The van der Waals surface area contributed by atoms with Crippen LogP contribution in [0.1, 0.15) is 13.3 Å². The van der Waals surface area contributed by atoms with Crippen LogP contribution in [0.2, 0.25) is 0 Å². The minimum Gasteiger partial charge on any atom is -0.508 e. The molecule has 0 bridgehead atoms. The lowest BCUT2D eigenvalue weighted by Gasteiger charge is -2.08. The minimum atomic E-state index is -0.485. The molecule has 0 aliphatic carbocycles. The highest BCUT2D eigenvalue weighted by molar-refractivity contribution is 5.89. The standard InChI is InChI=1S/C13H16N2O4.C8H9NO2/c1-9(2)12(17)19-8-7-14-13(18)15-10-3-5-11(16)6-4-10;1-7(8(10)11-2)5-3-4-6-9/h3-6,16H,1,7-8H2,2H3,(H2,14,15,18);3-4H,1,5H2,2H3. The number of methoxy groups -OCH3 is 1. The SMILES string of the molecule is C=C(C)C(=O)OCCNC(=O)Nc1ccc(O)cc1.C=C(CC=CC#N)C(=O)OC. The molecular formula is C21H25N3O6. The Morgan fingerprint density at radius 1 is 1.20 bits per heavy atom. The number of hydrogen-bond donors (Lipinski definition) is 3. The Labute approximate surface area is 175 Å². The normalized spacial score (nSPS) is 9.37. The molecule has 0 spiro atoms. The maximum Gasteiger partial charge on any atom is 0.333 e. The monoisotopic (exact) mass is 415 g/mol. The summed E-state index contributed by atoms with van der Waals surface area (Å²) in [6, 6.07) is 7.44. The van der Waals surface area contributed by atoms with Gasteiger partial charge in [0.2, 0.25) is 0 Å². The number of phenolic OH excluding ortho intramolecular Hbond substituents is 1. The van der Waals surface area contributed by atoms with E-state index in [1.54, 1.807) is 31.2 Å². The van der Waals surface area contributed by atoms with Gasteiger partial charge in [0.05, 0.1) is 19.7 Å². The Morgan fingerprint density at radius 3 is 2.37 bits per heavy atom. The summed E-state index contributed by atoms with van der Waals surface area (Å²) in [6.07, 6.45) is 3.22. The first-order valence-electron chi connectivity index (χ1n) is 8.68. The van der Waals surface area contributed by atoms with Crippen LogP contribution < -0.4 is 10.6 Å². The van der Waals surface area contributed by atoms with Gasteiger partial charge >= 0.3 is 18.0 Å². The van der Waals surface area contributed by atoms with Crippen LogP contribution in [-0.4, -0.2) is 43.3 Å². The molecule has 9 nitrogen and oxygen atoms in total. The average molecular weight is 415 g/mol. The van der Waals surface area contributed by atoms with Gasteiger partial charge in [0, 0.05) is 22.9 Å². The van der Waals surface area contributed by atoms with E-state index in [4.69, 9.17) is 15.1 Å². The van der Waals surface area contributed by atoms with E-state index >= 15 is 0 Å². The number of ether oxygens (including phenoxy) is 2. The Kier molecular flexibility index (Phi) is 12.9. The van der Waals surface area contributed by atoms with Gasteiger partial charge in [-0.2, -0.15) is 5.26 Å². The van der Waals surface area contributed by atoms with E-state index < -0.39 is 18.0 Å². The van der Waals surface area contributed by atoms with Gasteiger partial charge < -0.3 is 25.2 Å². The summed E-state index contributed by atoms with van der Waals surface area (Å²) in [7, 11) is 1.29. The molecule has 9 heteroatoms. The van der Waals surface area contributed by atoms with E-state index in [0.717, 1.165) is 0 Å². The maximum atomic E-state index is 11.4. The molecule has 3 N–H and O–H groups in total. The largest absolute Gasteiger partial charge is 0.508 e. The first kappa shape index (κ1) is 25.9. The van der Waals surface area contributed by atoms with Gasteiger partial charge in [-0.15, -0.1) is 0 Å². The van der Waals surface area contributed by atoms with Gasteiger partial charge in [0.15, 0.2) is 0 Å². The van der Waals surface area contributed by atoms with Crippen molar-refractivity contribution in [2.45, 2.75) is 13.3 Å². The number of carbonyl (C=O) groups is 3. The number of phenols is 1. The number of allylic oxidation sites excluding steroid dienone is 2. The number of nitrogens with zero attached hydrogens (tertiary/aromatic N) is 1. The summed E-state index contributed by atoms with van der Waals surface area (Å²) in [5.74, 6) is -0.800. The maximum absolute atomic E-state index is 11.4. The van der Waals surface area contributed by atoms with Gasteiger partial charge in [-0.25, -0.2) is 14.4 Å². The van der Waals surface area contributed by atoms with Crippen molar-refractivity contribution >= 4 is 23.7 Å². The molecule has 0 radical (unpaired) electrons. The summed E-state index contributed by atoms with van der Waals surface area (Å²) < 4.78 is 9.19. The molecule has 160 valence electrons. The molecule has 0 aliphatic heterocycles. The van der Waals surface area contributed by atoms with Gasteiger partial charge in [0.1, 0.15) is 12.4 Å². The molecule has 0 saturated carbocycles. The summed E-state index contributed by atoms with van der Waals surface area (Å²) >= 11 is 0. The van der Waals surface area contributed by atoms with Crippen LogP contribution in [-0.2, 0) is 19.1 Å². The summed E-state index contributed by atoms with van der Waals surface area (Å²) in [5.41, 5.74) is 1.21. The van der Waals surface area contributed by atoms with Gasteiger partial charge in [-0.05, 0) is 37.6 Å². The third-order valence-corrected chi connectivity index (χ3v) is 3.13. The molecule has 2 amide bonds. The predicted molar refractivity (Wildman–Crippen MR) is 111 cm³/mol. The zero-order chi connectivity index (χ0) is 22.9. The van der Waals surface area contributed by atoms with E-state index in [2.05, 4.69) is 28.5 Å². The highest BCUT2D eigenvalue weighted by atomic mass is 16.5. The summed E-state index contributed by atoms with van der Waals surface area (Å²) in [5, 5.41) is 22.3. The Hall–Kier alpha value is -4.06. The van der Waals surface area contributed by atoms with Crippen molar-refractivity contribution in [2.24, 2.45) is 0 Å². The number of amides is 2. The highest BCUT2D eigenvalue weighted by Gasteiger charge is 2.04. The third-order valence-electron chi connectivity index (χ3n) is 3.13. The molecule has 0 unspecified atom stereocenters. The van der Waals surface area contributed by atoms with Crippen molar-refractivity contribution in [1.82, 2.24) is 5.32 Å². The van der Waals surface area contributed by atoms with Crippen LogP contribution in [0, 0.1) is 11.3 Å². The van der Waals surface area contributed by atoms with Crippen molar-refractivity contribution in [3.05, 3.63) is 60.7 Å². The van der Waals surface area contributed by atoms with Crippen molar-refractivity contribution < 1.29 is 29.0 Å². The smallest absolute Gasteiger partial charge is 0.333 e. The summed E-state index contributed by atoms with van der Waals surface area (Å²) in [4.78, 5) is 33.1. The lowest BCUT2D eigenvalue weighted by atomic mass is 10.2. The number of aromatic hydroxyl groups is 1. The van der Waals surface area contributed by atoms with E-state index in [1.807, 2.05) is 0 Å². The van der Waals surface area contributed by atoms with Gasteiger partial charge in [0.25, 0.3) is 0 Å². The van der Waals surface area contributed by atoms with Crippen LogP contribution >= 0.6 is 0 Å². The van der Waals surface area contributed by atoms with Crippen molar-refractivity contribution in [3.8, 4) is 11.8 Å². The number of hydrogen-bond acceptors (Lipinski definition) is 7. The van der Waals surface area contributed by atoms with E-state index in [-0.39, 0.29) is 18.9 Å². The van der Waals surface area contributed by atoms with Crippen LogP contribution in [0.25, 0.3) is 0 Å². The fourth-order valence-corrected chi connectivity index (χ4v) is 1.63. The molecule has 1 rings (SSSR count). The highest BCUT2D eigenvalue weighted by Crippen LogP contribution is 2.13. The average Bonchev–Trinajstić information content (AvgIpc) is 2.72. The molecule has 0 aromatic heterocycles.